The molecule has 21 heavy (non-hydrogen) atoms. The van der Waals surface area contributed by atoms with Crippen molar-refractivity contribution >= 4 is 17.6 Å². The smallest absolute Gasteiger partial charge is 0.323 e. The minimum atomic E-state index is -0.306. The van der Waals surface area contributed by atoms with Gasteiger partial charge in [-0.15, -0.1) is 0 Å². The molecule has 0 spiro atoms. The van der Waals surface area contributed by atoms with Crippen LogP contribution in [0.25, 0.3) is 0 Å². The number of ether oxygens (including phenoxy) is 1. The van der Waals surface area contributed by atoms with E-state index in [0.29, 0.717) is 12.6 Å². The van der Waals surface area contributed by atoms with Crippen LogP contribution in [0.15, 0.2) is 24.3 Å². The summed E-state index contributed by atoms with van der Waals surface area (Å²) in [5, 5.41) is 0. The lowest BCUT2D eigenvalue weighted by Crippen LogP contribution is -2.18. The fraction of sp³-hybridized carbons (Fsp3) is 0.308. The molecule has 0 fully saturated rings. The number of hydrogen-bond donors (Lipinski definition) is 2. The van der Waals surface area contributed by atoms with Gasteiger partial charge in [0.05, 0.1) is 6.61 Å². The molecule has 7 nitrogen and oxygen atoms in total. The fourth-order valence-corrected chi connectivity index (χ4v) is 1.60. The third-order valence-electron chi connectivity index (χ3n) is 2.68. The van der Waals surface area contributed by atoms with Gasteiger partial charge >= 0.3 is 6.01 Å². The van der Waals surface area contributed by atoms with Gasteiger partial charge in [0.25, 0.3) is 0 Å². The van der Waals surface area contributed by atoms with E-state index in [1.165, 1.54) is 12.1 Å². The zero-order chi connectivity index (χ0) is 15.2. The molecule has 0 bridgehead atoms. The molecule has 1 heterocycles. The van der Waals surface area contributed by atoms with Crippen LogP contribution in [-0.2, 0) is 0 Å². The number of nitrogen functional groups attached to an aromatic ring is 1. The summed E-state index contributed by atoms with van der Waals surface area (Å²) >= 11 is 0. The van der Waals surface area contributed by atoms with Crippen molar-refractivity contribution in [2.45, 2.75) is 13.3 Å². The van der Waals surface area contributed by atoms with Crippen LogP contribution in [0.5, 0.6) is 6.01 Å². The minimum Gasteiger partial charge on any atom is -0.463 e. The molecule has 2 aromatic rings. The Bertz CT molecular complexity index is 592. The maximum Gasteiger partial charge on any atom is 0.323 e. The molecule has 0 aliphatic carbocycles. The van der Waals surface area contributed by atoms with Crippen LogP contribution in [0.3, 0.4) is 0 Å². The van der Waals surface area contributed by atoms with Crippen LogP contribution in [0.2, 0.25) is 0 Å². The van der Waals surface area contributed by atoms with Crippen molar-refractivity contribution < 1.29 is 9.13 Å². The van der Waals surface area contributed by atoms with E-state index in [2.05, 4.69) is 20.4 Å². The summed E-state index contributed by atoms with van der Waals surface area (Å²) in [6.07, 6.45) is 0.834. The van der Waals surface area contributed by atoms with Gasteiger partial charge in [0.1, 0.15) is 5.82 Å². The molecule has 0 saturated carbocycles. The second-order valence-corrected chi connectivity index (χ2v) is 4.27. The van der Waals surface area contributed by atoms with Gasteiger partial charge in [-0.1, -0.05) is 6.92 Å². The average molecular weight is 292 g/mol. The number of nitrogens with two attached hydrogens (primary N) is 1. The first-order chi connectivity index (χ1) is 10.1. The molecule has 0 unspecified atom stereocenters. The number of benzene rings is 1. The van der Waals surface area contributed by atoms with Crippen LogP contribution >= 0.6 is 0 Å². The van der Waals surface area contributed by atoms with Crippen molar-refractivity contribution in [1.82, 2.24) is 15.0 Å². The molecule has 0 atom stereocenters. The van der Waals surface area contributed by atoms with Crippen molar-refractivity contribution in [1.29, 1.82) is 0 Å². The van der Waals surface area contributed by atoms with Crippen molar-refractivity contribution in [2.24, 2.45) is 5.84 Å². The molecule has 2 rings (SSSR count). The van der Waals surface area contributed by atoms with Crippen LogP contribution in [-0.4, -0.2) is 28.6 Å². The number of anilines is 3. The lowest BCUT2D eigenvalue weighted by atomic mass is 10.3. The molecule has 1 aromatic heterocycles. The maximum atomic E-state index is 13.0. The van der Waals surface area contributed by atoms with E-state index in [1.54, 1.807) is 24.1 Å². The SMILES string of the molecule is CCCOc1nc(NN)nc(N(C)c2ccc(F)cc2)n1. The highest BCUT2D eigenvalue weighted by atomic mass is 19.1. The van der Waals surface area contributed by atoms with Crippen molar-refractivity contribution in [3.63, 3.8) is 0 Å². The van der Waals surface area contributed by atoms with Crippen LogP contribution < -0.4 is 20.9 Å². The van der Waals surface area contributed by atoms with Gasteiger partial charge in [0, 0.05) is 12.7 Å². The van der Waals surface area contributed by atoms with Gasteiger partial charge in [-0.2, -0.15) is 15.0 Å². The van der Waals surface area contributed by atoms with Gasteiger partial charge in [-0.3, -0.25) is 5.43 Å². The van der Waals surface area contributed by atoms with E-state index in [-0.39, 0.29) is 17.8 Å². The first-order valence-electron chi connectivity index (χ1n) is 6.48. The van der Waals surface area contributed by atoms with Gasteiger partial charge < -0.3 is 9.64 Å². The second-order valence-electron chi connectivity index (χ2n) is 4.27. The second kappa shape index (κ2) is 6.80. The third kappa shape index (κ3) is 3.76. The number of aromatic nitrogens is 3. The van der Waals surface area contributed by atoms with Crippen molar-refractivity contribution in [2.75, 3.05) is 24.0 Å². The highest BCUT2D eigenvalue weighted by Crippen LogP contribution is 2.22. The highest BCUT2D eigenvalue weighted by molar-refractivity contribution is 5.57. The Kier molecular flexibility index (Phi) is 4.83. The lowest BCUT2D eigenvalue weighted by molar-refractivity contribution is 0.292. The fourth-order valence-electron chi connectivity index (χ4n) is 1.60. The zero-order valence-electron chi connectivity index (χ0n) is 11.9. The van der Waals surface area contributed by atoms with Crippen molar-refractivity contribution in [3.8, 4) is 6.01 Å². The molecular weight excluding hydrogens is 275 g/mol. The standard InChI is InChI=1S/C13H17FN6O/c1-3-8-21-13-17-11(19-15)16-12(18-13)20(2)10-6-4-9(14)5-7-10/h4-7H,3,8,15H2,1-2H3,(H,16,17,18,19). The molecular formula is C13H17FN6O. The average Bonchev–Trinajstić information content (AvgIpc) is 2.52. The summed E-state index contributed by atoms with van der Waals surface area (Å²) in [5.74, 6) is 5.58. The Morgan fingerprint density at radius 1 is 1.24 bits per heavy atom. The first-order valence-corrected chi connectivity index (χ1v) is 6.48. The first kappa shape index (κ1) is 14.9. The van der Waals surface area contributed by atoms with E-state index in [4.69, 9.17) is 10.6 Å². The molecule has 0 aliphatic heterocycles. The summed E-state index contributed by atoms with van der Waals surface area (Å²) in [4.78, 5) is 14.1. The monoisotopic (exact) mass is 292 g/mol. The quantitative estimate of drug-likeness (QED) is 0.620. The largest absolute Gasteiger partial charge is 0.463 e. The third-order valence-corrected chi connectivity index (χ3v) is 2.68. The van der Waals surface area contributed by atoms with Crippen molar-refractivity contribution in [3.05, 3.63) is 30.1 Å². The van der Waals surface area contributed by atoms with E-state index in [9.17, 15) is 4.39 Å². The number of hydrogen-bond acceptors (Lipinski definition) is 7. The number of nitrogens with one attached hydrogen (secondary N) is 1. The van der Waals surface area contributed by atoms with Crippen LogP contribution in [0, 0.1) is 5.82 Å². The minimum absolute atomic E-state index is 0.184. The summed E-state index contributed by atoms with van der Waals surface area (Å²) in [5.41, 5.74) is 3.10. The predicted octanol–water partition coefficient (Wildman–Crippen LogP) is 1.85. The highest BCUT2D eigenvalue weighted by Gasteiger charge is 2.12. The number of hydrazine groups is 1. The number of rotatable bonds is 6. The molecule has 0 saturated heterocycles. The molecule has 0 amide bonds. The summed E-state index contributed by atoms with van der Waals surface area (Å²) in [6, 6.07) is 6.17. The summed E-state index contributed by atoms with van der Waals surface area (Å²) < 4.78 is 18.4. The molecule has 112 valence electrons. The molecule has 0 aliphatic rings. The molecule has 3 N–H and O–H groups in total. The van der Waals surface area contributed by atoms with E-state index < -0.39 is 0 Å². The van der Waals surface area contributed by atoms with Gasteiger partial charge in [0.15, 0.2) is 0 Å². The van der Waals surface area contributed by atoms with Crippen LogP contribution in [0.4, 0.5) is 22.0 Å². The maximum absolute atomic E-state index is 13.0. The number of halogens is 1. The Labute approximate surface area is 122 Å². The summed E-state index contributed by atoms with van der Waals surface area (Å²) in [6.45, 7) is 2.47. The molecule has 8 heteroatoms. The predicted molar refractivity (Wildman–Crippen MR) is 77.9 cm³/mol. The normalized spacial score (nSPS) is 10.3. The Hall–Kier alpha value is -2.48. The van der Waals surface area contributed by atoms with Gasteiger partial charge in [-0.25, -0.2) is 10.2 Å². The zero-order valence-corrected chi connectivity index (χ0v) is 11.9. The summed E-state index contributed by atoms with van der Waals surface area (Å²) in [7, 11) is 1.76. The van der Waals surface area contributed by atoms with Gasteiger partial charge in [0.2, 0.25) is 11.9 Å². The Morgan fingerprint density at radius 3 is 2.57 bits per heavy atom. The molecule has 1 aromatic carbocycles. The Balaban J connectivity index is 2.30. The van der Waals surface area contributed by atoms with Crippen LogP contribution in [0.1, 0.15) is 13.3 Å². The lowest BCUT2D eigenvalue weighted by Gasteiger charge is -2.18. The van der Waals surface area contributed by atoms with E-state index >= 15 is 0 Å². The van der Waals surface area contributed by atoms with E-state index in [1.807, 2.05) is 6.92 Å². The van der Waals surface area contributed by atoms with Gasteiger partial charge in [-0.05, 0) is 30.7 Å². The molecule has 0 radical (unpaired) electrons. The number of nitrogens with zero attached hydrogens (tertiary/aromatic N) is 4. The Morgan fingerprint density at radius 2 is 1.95 bits per heavy atom. The topological polar surface area (TPSA) is 89.2 Å². The van der Waals surface area contributed by atoms with E-state index in [0.717, 1.165) is 12.1 Å².